The van der Waals surface area contributed by atoms with E-state index in [0.717, 1.165) is 33.2 Å². The summed E-state index contributed by atoms with van der Waals surface area (Å²) in [6, 6.07) is 7.80. The van der Waals surface area contributed by atoms with Gasteiger partial charge in [-0.25, -0.2) is 9.97 Å². The Morgan fingerprint density at radius 1 is 1.36 bits per heavy atom. The number of nitrogen functional groups attached to an aromatic ring is 1. The van der Waals surface area contributed by atoms with E-state index in [0.29, 0.717) is 24.5 Å². The van der Waals surface area contributed by atoms with Gasteiger partial charge in [-0.3, -0.25) is 9.78 Å². The van der Waals surface area contributed by atoms with Crippen LogP contribution in [-0.4, -0.2) is 20.9 Å². The monoisotopic (exact) mass is 370 g/mol. The summed E-state index contributed by atoms with van der Waals surface area (Å²) in [6.45, 7) is 1.99. The standard InChI is InChI=1S/C21H18N6O/c1-12-2-3-24-10-16(12)18-7-15-8-19(25-11-17(15)21(23)26-18)27-20(28)6-13-4-14(5-13)9-22/h2-3,6-8,10-11,14H,4-5H2,1H3,(H2,23,26)(H,25,27,28). The van der Waals surface area contributed by atoms with Gasteiger partial charge in [-0.1, -0.05) is 5.57 Å². The summed E-state index contributed by atoms with van der Waals surface area (Å²) in [7, 11) is 0. The van der Waals surface area contributed by atoms with Crippen molar-refractivity contribution in [3.8, 4) is 17.3 Å². The summed E-state index contributed by atoms with van der Waals surface area (Å²) < 4.78 is 0. The van der Waals surface area contributed by atoms with Gasteiger partial charge >= 0.3 is 0 Å². The van der Waals surface area contributed by atoms with E-state index in [9.17, 15) is 4.79 Å². The van der Waals surface area contributed by atoms with Gasteiger partial charge in [0.05, 0.1) is 17.7 Å². The van der Waals surface area contributed by atoms with Crippen molar-refractivity contribution >= 4 is 28.3 Å². The third-order valence-electron chi connectivity index (χ3n) is 4.85. The maximum absolute atomic E-state index is 12.2. The maximum atomic E-state index is 12.2. The van der Waals surface area contributed by atoms with Crippen LogP contribution < -0.4 is 11.1 Å². The predicted octanol–water partition coefficient (Wildman–Crippen LogP) is 3.38. The normalized spacial score (nSPS) is 15.6. The van der Waals surface area contributed by atoms with E-state index >= 15 is 0 Å². The number of hydrogen-bond donors (Lipinski definition) is 2. The molecule has 1 aliphatic carbocycles. The number of nitrogens with zero attached hydrogens (tertiary/aromatic N) is 4. The molecule has 1 amide bonds. The topological polar surface area (TPSA) is 118 Å². The predicted molar refractivity (Wildman–Crippen MR) is 107 cm³/mol. The fourth-order valence-electron chi connectivity index (χ4n) is 3.24. The Labute approximate surface area is 161 Å². The van der Waals surface area contributed by atoms with Gasteiger partial charge in [-0.15, -0.1) is 0 Å². The molecule has 3 N–H and O–H groups in total. The number of rotatable bonds is 3. The molecule has 28 heavy (non-hydrogen) atoms. The summed E-state index contributed by atoms with van der Waals surface area (Å²) in [5.41, 5.74) is 9.77. The van der Waals surface area contributed by atoms with E-state index in [1.807, 2.05) is 19.1 Å². The molecule has 1 saturated carbocycles. The molecule has 138 valence electrons. The van der Waals surface area contributed by atoms with Crippen LogP contribution in [0.5, 0.6) is 0 Å². The lowest BCUT2D eigenvalue weighted by Gasteiger charge is -2.22. The number of allylic oxidation sites excluding steroid dienone is 1. The van der Waals surface area contributed by atoms with E-state index in [4.69, 9.17) is 11.0 Å². The average molecular weight is 370 g/mol. The van der Waals surface area contributed by atoms with Crippen LogP contribution in [0.15, 0.2) is 48.4 Å². The van der Waals surface area contributed by atoms with Gasteiger partial charge < -0.3 is 11.1 Å². The molecule has 0 radical (unpaired) electrons. The number of amides is 1. The van der Waals surface area contributed by atoms with Gasteiger partial charge in [-0.05, 0) is 48.9 Å². The minimum absolute atomic E-state index is 0.0303. The van der Waals surface area contributed by atoms with Gasteiger partial charge in [0.25, 0.3) is 0 Å². The van der Waals surface area contributed by atoms with Gasteiger partial charge in [0.1, 0.15) is 11.6 Å². The van der Waals surface area contributed by atoms with E-state index in [2.05, 4.69) is 26.3 Å². The molecule has 0 aromatic carbocycles. The first-order chi connectivity index (χ1) is 13.5. The molecule has 0 atom stereocenters. The van der Waals surface area contributed by atoms with E-state index in [-0.39, 0.29) is 11.8 Å². The molecule has 0 unspecified atom stereocenters. The summed E-state index contributed by atoms with van der Waals surface area (Å²) in [5, 5.41) is 13.1. The first-order valence-electron chi connectivity index (χ1n) is 8.91. The van der Waals surface area contributed by atoms with Crippen molar-refractivity contribution in [1.82, 2.24) is 15.0 Å². The molecular weight excluding hydrogens is 352 g/mol. The summed E-state index contributed by atoms with van der Waals surface area (Å²) in [4.78, 5) is 25.1. The van der Waals surface area contributed by atoms with Gasteiger partial charge in [0.2, 0.25) is 5.91 Å². The lowest BCUT2D eigenvalue weighted by molar-refractivity contribution is -0.112. The largest absolute Gasteiger partial charge is 0.383 e. The van der Waals surface area contributed by atoms with Crippen molar-refractivity contribution in [3.63, 3.8) is 0 Å². The highest BCUT2D eigenvalue weighted by atomic mass is 16.1. The number of hydrogen-bond acceptors (Lipinski definition) is 6. The van der Waals surface area contributed by atoms with Crippen LogP contribution in [0.25, 0.3) is 22.0 Å². The minimum atomic E-state index is -0.247. The third kappa shape index (κ3) is 3.40. The summed E-state index contributed by atoms with van der Waals surface area (Å²) >= 11 is 0. The quantitative estimate of drug-likeness (QED) is 0.683. The Balaban J connectivity index is 1.62. The van der Waals surface area contributed by atoms with Crippen molar-refractivity contribution in [1.29, 1.82) is 5.26 Å². The van der Waals surface area contributed by atoms with Crippen molar-refractivity contribution in [2.24, 2.45) is 5.92 Å². The van der Waals surface area contributed by atoms with Crippen LogP contribution in [-0.2, 0) is 4.79 Å². The Morgan fingerprint density at radius 2 is 2.18 bits per heavy atom. The lowest BCUT2D eigenvalue weighted by atomic mass is 9.81. The lowest BCUT2D eigenvalue weighted by Crippen LogP contribution is -2.17. The SMILES string of the molecule is Cc1ccncc1-c1cc2cc(NC(=O)C=C3CC(C#N)C3)ncc2c(N)n1. The fourth-order valence-corrected chi connectivity index (χ4v) is 3.24. The molecule has 0 spiro atoms. The molecule has 7 heteroatoms. The highest BCUT2D eigenvalue weighted by molar-refractivity contribution is 6.01. The first kappa shape index (κ1) is 17.6. The van der Waals surface area contributed by atoms with E-state index < -0.39 is 0 Å². The van der Waals surface area contributed by atoms with Crippen LogP contribution in [0, 0.1) is 24.2 Å². The van der Waals surface area contributed by atoms with E-state index in [1.165, 1.54) is 0 Å². The second-order valence-electron chi connectivity index (χ2n) is 6.90. The molecule has 4 rings (SSSR count). The molecule has 3 heterocycles. The molecule has 1 aliphatic rings. The van der Waals surface area contributed by atoms with Crippen molar-refractivity contribution in [2.75, 3.05) is 11.1 Å². The molecule has 0 aliphatic heterocycles. The van der Waals surface area contributed by atoms with Crippen LogP contribution >= 0.6 is 0 Å². The number of pyridine rings is 3. The second-order valence-corrected chi connectivity index (χ2v) is 6.90. The van der Waals surface area contributed by atoms with Crippen LogP contribution in [0.4, 0.5) is 11.6 Å². The Bertz CT molecular complexity index is 1150. The molecule has 7 nitrogen and oxygen atoms in total. The molecule has 3 aromatic rings. The summed E-state index contributed by atoms with van der Waals surface area (Å²) in [5.74, 6) is 0.594. The number of fused-ring (bicyclic) bond motifs is 1. The maximum Gasteiger partial charge on any atom is 0.249 e. The Hall–Kier alpha value is -3.79. The Morgan fingerprint density at radius 3 is 2.93 bits per heavy atom. The van der Waals surface area contributed by atoms with Crippen molar-refractivity contribution in [2.45, 2.75) is 19.8 Å². The highest BCUT2D eigenvalue weighted by Crippen LogP contribution is 2.32. The van der Waals surface area contributed by atoms with Gasteiger partial charge in [0, 0.05) is 35.6 Å². The highest BCUT2D eigenvalue weighted by Gasteiger charge is 2.23. The molecule has 0 saturated heterocycles. The van der Waals surface area contributed by atoms with Crippen LogP contribution in [0.2, 0.25) is 0 Å². The number of aromatic nitrogens is 3. The molecule has 1 fully saturated rings. The Kier molecular flexibility index (Phi) is 4.45. The zero-order valence-corrected chi connectivity index (χ0v) is 15.3. The number of anilines is 2. The molecule has 3 aromatic heterocycles. The number of carbonyl (C=O) groups excluding carboxylic acids is 1. The zero-order chi connectivity index (χ0) is 19.7. The van der Waals surface area contributed by atoms with Crippen molar-refractivity contribution in [3.05, 3.63) is 54.0 Å². The third-order valence-corrected chi connectivity index (χ3v) is 4.85. The first-order valence-corrected chi connectivity index (χ1v) is 8.91. The molecule has 0 bridgehead atoms. The number of aryl methyl sites for hydroxylation is 1. The van der Waals surface area contributed by atoms with Gasteiger partial charge in [0.15, 0.2) is 0 Å². The van der Waals surface area contributed by atoms with Gasteiger partial charge in [-0.2, -0.15) is 5.26 Å². The smallest absolute Gasteiger partial charge is 0.249 e. The fraction of sp³-hybridized carbons (Fsp3) is 0.190. The van der Waals surface area contributed by atoms with Crippen molar-refractivity contribution < 1.29 is 4.79 Å². The number of nitrogens with one attached hydrogen (secondary N) is 1. The second kappa shape index (κ2) is 7.08. The number of carbonyl (C=O) groups is 1. The van der Waals surface area contributed by atoms with Crippen LogP contribution in [0.3, 0.4) is 0 Å². The average Bonchev–Trinajstić information content (AvgIpc) is 2.64. The minimum Gasteiger partial charge on any atom is -0.383 e. The number of nitriles is 1. The van der Waals surface area contributed by atoms with E-state index in [1.54, 1.807) is 30.7 Å². The number of nitrogens with two attached hydrogens (primary N) is 1. The molecular formula is C21H18N6O. The van der Waals surface area contributed by atoms with Crippen LogP contribution in [0.1, 0.15) is 18.4 Å². The zero-order valence-electron chi connectivity index (χ0n) is 15.3. The summed E-state index contributed by atoms with van der Waals surface area (Å²) in [6.07, 6.45) is 7.96.